The highest BCUT2D eigenvalue weighted by molar-refractivity contribution is 7.92. The monoisotopic (exact) mass is 483 g/mol. The van der Waals surface area contributed by atoms with E-state index in [0.29, 0.717) is 17.0 Å². The molecule has 0 aliphatic rings. The summed E-state index contributed by atoms with van der Waals surface area (Å²) in [6.45, 7) is 3.25. The Kier molecular flexibility index (Phi) is 7.91. The summed E-state index contributed by atoms with van der Waals surface area (Å²) in [6.07, 6.45) is 0. The van der Waals surface area contributed by atoms with Crippen LogP contribution in [-0.2, 0) is 14.8 Å². The van der Waals surface area contributed by atoms with Crippen LogP contribution < -0.4 is 14.2 Å². The molecule has 1 N–H and O–H groups in total. The Hall–Kier alpha value is -3.85. The van der Waals surface area contributed by atoms with Crippen molar-refractivity contribution in [2.24, 2.45) is 0 Å². The van der Waals surface area contributed by atoms with Crippen molar-refractivity contribution in [3.63, 3.8) is 0 Å². The molecule has 0 unspecified atom stereocenters. The summed E-state index contributed by atoms with van der Waals surface area (Å²) in [6, 6.07) is 17.6. The third-order valence-corrected chi connectivity index (χ3v) is 6.24. The van der Waals surface area contributed by atoms with Crippen molar-refractivity contribution in [1.29, 1.82) is 0 Å². The highest BCUT2D eigenvalue weighted by atomic mass is 32.2. The Morgan fingerprint density at radius 3 is 2.29 bits per heavy atom. The summed E-state index contributed by atoms with van der Waals surface area (Å²) in [5.41, 5.74) is 1.83. The maximum Gasteiger partial charge on any atom is 0.338 e. The molecule has 3 aromatic rings. The summed E-state index contributed by atoms with van der Waals surface area (Å²) in [5.74, 6) is -0.386. The van der Waals surface area contributed by atoms with E-state index < -0.39 is 16.0 Å². The Morgan fingerprint density at radius 2 is 1.62 bits per heavy atom. The zero-order chi connectivity index (χ0) is 24.7. The minimum Gasteiger partial charge on any atom is -0.495 e. The number of anilines is 1. The number of rotatable bonds is 10. The lowest BCUT2D eigenvalue weighted by Gasteiger charge is -2.13. The molecule has 0 atom stereocenters. The van der Waals surface area contributed by atoms with Gasteiger partial charge in [-0.25, -0.2) is 13.2 Å². The number of benzene rings is 3. The first kappa shape index (κ1) is 24.8. The van der Waals surface area contributed by atoms with Crippen molar-refractivity contribution in [3.8, 4) is 11.5 Å². The lowest BCUT2D eigenvalue weighted by Crippen LogP contribution is -2.16. The van der Waals surface area contributed by atoms with E-state index in [0.717, 1.165) is 5.56 Å². The van der Waals surface area contributed by atoms with E-state index in [-0.39, 0.29) is 35.2 Å². The smallest absolute Gasteiger partial charge is 0.338 e. The van der Waals surface area contributed by atoms with Crippen molar-refractivity contribution < 1.29 is 32.2 Å². The van der Waals surface area contributed by atoms with Crippen molar-refractivity contribution in [2.45, 2.75) is 18.7 Å². The molecular formula is C25H25NO7S. The fraction of sp³-hybridized carbons (Fsp3) is 0.200. The largest absolute Gasteiger partial charge is 0.495 e. The van der Waals surface area contributed by atoms with Gasteiger partial charge in [0.1, 0.15) is 29.6 Å². The van der Waals surface area contributed by atoms with Crippen LogP contribution in [-0.4, -0.2) is 40.5 Å². The molecule has 34 heavy (non-hydrogen) atoms. The van der Waals surface area contributed by atoms with Crippen LogP contribution >= 0.6 is 0 Å². The van der Waals surface area contributed by atoms with Gasteiger partial charge in [-0.3, -0.25) is 9.52 Å². The molecule has 0 spiro atoms. The number of ketones is 1. The Bertz CT molecular complexity index is 1280. The van der Waals surface area contributed by atoms with Gasteiger partial charge in [0.25, 0.3) is 10.0 Å². The first-order valence-electron chi connectivity index (χ1n) is 10.4. The van der Waals surface area contributed by atoms with Crippen LogP contribution in [0.2, 0.25) is 0 Å². The van der Waals surface area contributed by atoms with Crippen LogP contribution in [0.25, 0.3) is 0 Å². The van der Waals surface area contributed by atoms with Crippen LogP contribution in [0.1, 0.15) is 33.2 Å². The second-order valence-corrected chi connectivity index (χ2v) is 9.02. The summed E-state index contributed by atoms with van der Waals surface area (Å²) < 4.78 is 44.3. The van der Waals surface area contributed by atoms with E-state index >= 15 is 0 Å². The summed E-state index contributed by atoms with van der Waals surface area (Å²) in [4.78, 5) is 24.0. The number of hydrogen-bond acceptors (Lipinski definition) is 7. The molecule has 3 rings (SSSR count). The standard InChI is InChI=1S/C25H25NO7S/c1-17-8-11-20(12-9-17)26-34(29,30)24-16-19(10-13-23(24)31-3)25(28)33-15-14-32-22-7-5-4-6-21(22)18(2)27/h4-13,16,26H,14-15H2,1-3H3. The molecule has 0 bridgehead atoms. The molecule has 0 fully saturated rings. The van der Waals surface area contributed by atoms with Gasteiger partial charge in [-0.05, 0) is 56.3 Å². The fourth-order valence-corrected chi connectivity index (χ4v) is 4.35. The molecule has 0 saturated carbocycles. The molecule has 0 saturated heterocycles. The van der Waals surface area contributed by atoms with Crippen LogP contribution in [0.5, 0.6) is 11.5 Å². The van der Waals surface area contributed by atoms with Crippen LogP contribution in [0.3, 0.4) is 0 Å². The molecule has 8 nitrogen and oxygen atoms in total. The van der Waals surface area contributed by atoms with E-state index in [1.54, 1.807) is 48.5 Å². The van der Waals surface area contributed by atoms with E-state index in [4.69, 9.17) is 14.2 Å². The molecule has 0 aromatic heterocycles. The van der Waals surface area contributed by atoms with Gasteiger partial charge in [0.2, 0.25) is 0 Å². The number of esters is 1. The van der Waals surface area contributed by atoms with Crippen molar-refractivity contribution >= 4 is 27.5 Å². The Morgan fingerprint density at radius 1 is 0.912 bits per heavy atom. The van der Waals surface area contributed by atoms with E-state index in [1.807, 2.05) is 6.92 Å². The van der Waals surface area contributed by atoms with Crippen molar-refractivity contribution in [1.82, 2.24) is 0 Å². The topological polar surface area (TPSA) is 108 Å². The zero-order valence-electron chi connectivity index (χ0n) is 19.0. The minimum absolute atomic E-state index is 0.0202. The average Bonchev–Trinajstić information content (AvgIpc) is 2.82. The van der Waals surface area contributed by atoms with Gasteiger partial charge in [0.05, 0.1) is 18.2 Å². The number of nitrogens with one attached hydrogen (secondary N) is 1. The van der Waals surface area contributed by atoms with Gasteiger partial charge in [-0.2, -0.15) is 0 Å². The first-order chi connectivity index (χ1) is 16.2. The number of sulfonamides is 1. The first-order valence-corrected chi connectivity index (χ1v) is 11.9. The Labute approximate surface area is 198 Å². The number of para-hydroxylation sites is 1. The lowest BCUT2D eigenvalue weighted by atomic mass is 10.1. The van der Waals surface area contributed by atoms with Gasteiger partial charge < -0.3 is 14.2 Å². The number of carbonyl (C=O) groups excluding carboxylic acids is 2. The van der Waals surface area contributed by atoms with Gasteiger partial charge in [0, 0.05) is 5.69 Å². The normalized spacial score (nSPS) is 10.9. The second kappa shape index (κ2) is 10.8. The number of hydrogen-bond donors (Lipinski definition) is 1. The van der Waals surface area contributed by atoms with Crippen LogP contribution in [0, 0.1) is 6.92 Å². The van der Waals surface area contributed by atoms with Crippen molar-refractivity contribution in [3.05, 3.63) is 83.4 Å². The highest BCUT2D eigenvalue weighted by Gasteiger charge is 2.22. The summed E-state index contributed by atoms with van der Waals surface area (Å²) in [7, 11) is -2.70. The lowest BCUT2D eigenvalue weighted by molar-refractivity contribution is 0.0449. The number of aryl methyl sites for hydroxylation is 1. The molecule has 3 aromatic carbocycles. The van der Waals surface area contributed by atoms with Gasteiger partial charge in [-0.1, -0.05) is 29.8 Å². The van der Waals surface area contributed by atoms with E-state index in [9.17, 15) is 18.0 Å². The van der Waals surface area contributed by atoms with Crippen molar-refractivity contribution in [2.75, 3.05) is 25.0 Å². The molecule has 0 radical (unpaired) electrons. The summed E-state index contributed by atoms with van der Waals surface area (Å²) >= 11 is 0. The quantitative estimate of drug-likeness (QED) is 0.261. The molecule has 0 heterocycles. The van der Waals surface area contributed by atoms with Crippen LogP contribution in [0.4, 0.5) is 5.69 Å². The van der Waals surface area contributed by atoms with Gasteiger partial charge in [0.15, 0.2) is 5.78 Å². The maximum atomic E-state index is 13.0. The second-order valence-electron chi connectivity index (χ2n) is 7.37. The third-order valence-electron chi connectivity index (χ3n) is 4.83. The molecular weight excluding hydrogens is 458 g/mol. The maximum absolute atomic E-state index is 13.0. The van der Waals surface area contributed by atoms with Gasteiger partial charge in [-0.15, -0.1) is 0 Å². The van der Waals surface area contributed by atoms with E-state index in [2.05, 4.69) is 4.72 Å². The number of methoxy groups -OCH3 is 1. The molecule has 0 aliphatic heterocycles. The minimum atomic E-state index is -4.04. The Balaban J connectivity index is 1.69. The zero-order valence-corrected chi connectivity index (χ0v) is 19.8. The summed E-state index contributed by atoms with van der Waals surface area (Å²) in [5, 5.41) is 0. The van der Waals surface area contributed by atoms with Gasteiger partial charge >= 0.3 is 5.97 Å². The number of Topliss-reactive ketones (excluding diaryl/α,β-unsaturated/α-hetero) is 1. The number of carbonyl (C=O) groups is 2. The number of ether oxygens (including phenoxy) is 3. The molecule has 0 amide bonds. The predicted octanol–water partition coefficient (Wildman–Crippen LogP) is 4.24. The average molecular weight is 484 g/mol. The molecule has 9 heteroatoms. The fourth-order valence-electron chi connectivity index (χ4n) is 3.10. The SMILES string of the molecule is COc1ccc(C(=O)OCCOc2ccccc2C(C)=O)cc1S(=O)(=O)Nc1ccc(C)cc1. The molecule has 178 valence electrons. The van der Waals surface area contributed by atoms with Crippen LogP contribution in [0.15, 0.2) is 71.6 Å². The van der Waals surface area contributed by atoms with E-state index in [1.165, 1.54) is 32.2 Å². The predicted molar refractivity (Wildman–Crippen MR) is 127 cm³/mol. The highest BCUT2D eigenvalue weighted by Crippen LogP contribution is 2.27. The third kappa shape index (κ3) is 6.14. The molecule has 0 aliphatic carbocycles.